The van der Waals surface area contributed by atoms with E-state index in [2.05, 4.69) is 5.43 Å². The molecule has 0 aromatic heterocycles. The molecule has 0 heterocycles. The van der Waals surface area contributed by atoms with Gasteiger partial charge in [-0.3, -0.25) is 0 Å². The van der Waals surface area contributed by atoms with Crippen molar-refractivity contribution in [1.82, 2.24) is 5.01 Å². The maximum absolute atomic E-state index is 5.58. The Bertz CT molecular complexity index is 233. The Morgan fingerprint density at radius 2 is 2.09 bits per heavy atom. The van der Waals surface area contributed by atoms with Crippen LogP contribution in [0.2, 0.25) is 0 Å². The van der Waals surface area contributed by atoms with E-state index in [1.807, 2.05) is 43.4 Å². The molecule has 0 fully saturated rings. The van der Waals surface area contributed by atoms with Crippen LogP contribution in [-0.4, -0.2) is 19.1 Å². The van der Waals surface area contributed by atoms with Crippen LogP contribution in [0, 0.1) is 0 Å². The van der Waals surface area contributed by atoms with Crippen LogP contribution in [0.3, 0.4) is 0 Å². The van der Waals surface area contributed by atoms with Crippen molar-refractivity contribution in [2.24, 2.45) is 0 Å². The second-order valence-electron chi connectivity index (χ2n) is 2.63. The maximum atomic E-state index is 5.58. The zero-order valence-corrected chi connectivity index (χ0v) is 6.83. The minimum absolute atomic E-state index is 0.775. The minimum Gasteiger partial charge on any atom is -0.399 e. The lowest BCUT2D eigenvalue weighted by Crippen LogP contribution is -2.19. The van der Waals surface area contributed by atoms with Gasteiger partial charge < -0.3 is 11.2 Å². The summed E-state index contributed by atoms with van der Waals surface area (Å²) in [4.78, 5) is 0. The van der Waals surface area contributed by atoms with Crippen LogP contribution in [0.15, 0.2) is 24.3 Å². The number of benzene rings is 1. The van der Waals surface area contributed by atoms with Gasteiger partial charge in [-0.15, -0.1) is 0 Å². The first-order valence-electron chi connectivity index (χ1n) is 3.48. The van der Waals surface area contributed by atoms with Crippen molar-refractivity contribution in [2.75, 3.05) is 25.3 Å². The number of nitrogens with two attached hydrogens (primary N) is 1. The third kappa shape index (κ3) is 2.47. The van der Waals surface area contributed by atoms with Gasteiger partial charge in [0, 0.05) is 19.8 Å². The number of hydrogen-bond acceptors (Lipinski definition) is 3. The van der Waals surface area contributed by atoms with E-state index in [0.717, 1.165) is 11.4 Å². The van der Waals surface area contributed by atoms with Crippen LogP contribution < -0.4 is 11.2 Å². The molecule has 0 aliphatic carbocycles. The van der Waals surface area contributed by atoms with Crippen molar-refractivity contribution in [3.8, 4) is 0 Å². The Morgan fingerprint density at radius 3 is 2.64 bits per heavy atom. The molecule has 0 bridgehead atoms. The molecule has 3 heteroatoms. The summed E-state index contributed by atoms with van der Waals surface area (Å²) in [6.07, 6.45) is 0. The molecule has 3 nitrogen and oxygen atoms in total. The van der Waals surface area contributed by atoms with E-state index in [9.17, 15) is 0 Å². The molecule has 60 valence electrons. The zero-order chi connectivity index (χ0) is 8.27. The molecule has 1 aromatic rings. The number of rotatable bonds is 2. The molecule has 0 atom stereocenters. The summed E-state index contributed by atoms with van der Waals surface area (Å²) >= 11 is 0. The first-order valence-corrected chi connectivity index (χ1v) is 3.48. The topological polar surface area (TPSA) is 41.3 Å². The van der Waals surface area contributed by atoms with E-state index < -0.39 is 0 Å². The number of anilines is 2. The van der Waals surface area contributed by atoms with E-state index >= 15 is 0 Å². The van der Waals surface area contributed by atoms with Gasteiger partial charge in [-0.25, -0.2) is 5.01 Å². The molecule has 0 saturated carbocycles. The largest absolute Gasteiger partial charge is 0.399 e. The van der Waals surface area contributed by atoms with Gasteiger partial charge in [-0.2, -0.15) is 0 Å². The number of hydrazine groups is 1. The first kappa shape index (κ1) is 7.88. The summed E-state index contributed by atoms with van der Waals surface area (Å²) in [7, 11) is 3.87. The molecular weight excluding hydrogens is 138 g/mol. The van der Waals surface area contributed by atoms with Crippen LogP contribution >= 0.6 is 0 Å². The summed E-state index contributed by atoms with van der Waals surface area (Å²) < 4.78 is 0. The standard InChI is InChI=1S/C8H13N3/c1-11(2)10-8-5-3-4-7(9)6-8/h3-6,10H,9H2,1-2H3. The lowest BCUT2D eigenvalue weighted by molar-refractivity contribution is 0.495. The fourth-order valence-electron chi connectivity index (χ4n) is 0.866. The average Bonchev–Trinajstić information content (AvgIpc) is 1.85. The average molecular weight is 151 g/mol. The van der Waals surface area contributed by atoms with Gasteiger partial charge in [0.2, 0.25) is 0 Å². The highest BCUT2D eigenvalue weighted by Gasteiger charge is 1.91. The third-order valence-corrected chi connectivity index (χ3v) is 1.24. The predicted molar refractivity (Wildman–Crippen MR) is 48.2 cm³/mol. The molecule has 3 N–H and O–H groups in total. The van der Waals surface area contributed by atoms with Gasteiger partial charge in [0.05, 0.1) is 5.69 Å². The Balaban J connectivity index is 2.71. The second-order valence-corrected chi connectivity index (χ2v) is 2.63. The van der Waals surface area contributed by atoms with E-state index in [-0.39, 0.29) is 0 Å². The highest BCUT2D eigenvalue weighted by atomic mass is 15.5. The molecule has 0 aliphatic heterocycles. The van der Waals surface area contributed by atoms with Crippen molar-refractivity contribution < 1.29 is 0 Å². The highest BCUT2D eigenvalue weighted by molar-refractivity contribution is 5.53. The normalized spacial score (nSPS) is 10.1. The van der Waals surface area contributed by atoms with Crippen LogP contribution in [0.1, 0.15) is 0 Å². The monoisotopic (exact) mass is 151 g/mol. The maximum Gasteiger partial charge on any atom is 0.0510 e. The Hall–Kier alpha value is -1.22. The summed E-state index contributed by atoms with van der Waals surface area (Å²) in [5.74, 6) is 0. The number of nitrogens with one attached hydrogen (secondary N) is 1. The van der Waals surface area contributed by atoms with Gasteiger partial charge in [-0.05, 0) is 18.2 Å². The smallest absolute Gasteiger partial charge is 0.0510 e. The van der Waals surface area contributed by atoms with Crippen molar-refractivity contribution in [3.63, 3.8) is 0 Å². The summed E-state index contributed by atoms with van der Waals surface area (Å²) in [5.41, 5.74) is 10.5. The number of hydrogen-bond donors (Lipinski definition) is 2. The number of nitrogen functional groups attached to an aromatic ring is 1. The van der Waals surface area contributed by atoms with E-state index in [1.54, 1.807) is 0 Å². The molecule has 0 radical (unpaired) electrons. The van der Waals surface area contributed by atoms with Gasteiger partial charge >= 0.3 is 0 Å². The Morgan fingerprint density at radius 1 is 1.36 bits per heavy atom. The van der Waals surface area contributed by atoms with E-state index in [4.69, 9.17) is 5.73 Å². The molecular formula is C8H13N3. The molecule has 0 spiro atoms. The first-order chi connectivity index (χ1) is 5.18. The summed E-state index contributed by atoms with van der Waals surface area (Å²) in [5, 5.41) is 1.87. The lowest BCUT2D eigenvalue weighted by atomic mass is 10.3. The van der Waals surface area contributed by atoms with Gasteiger partial charge in [0.25, 0.3) is 0 Å². The van der Waals surface area contributed by atoms with Crippen LogP contribution in [0.5, 0.6) is 0 Å². The van der Waals surface area contributed by atoms with Crippen molar-refractivity contribution in [3.05, 3.63) is 24.3 Å². The third-order valence-electron chi connectivity index (χ3n) is 1.24. The summed E-state index contributed by atoms with van der Waals surface area (Å²) in [6, 6.07) is 7.64. The van der Waals surface area contributed by atoms with Gasteiger partial charge in [-0.1, -0.05) is 6.07 Å². The van der Waals surface area contributed by atoms with Crippen LogP contribution in [-0.2, 0) is 0 Å². The van der Waals surface area contributed by atoms with Crippen molar-refractivity contribution >= 4 is 11.4 Å². The van der Waals surface area contributed by atoms with Crippen molar-refractivity contribution in [2.45, 2.75) is 0 Å². The molecule has 1 aromatic carbocycles. The molecule has 0 saturated heterocycles. The Kier molecular flexibility index (Phi) is 2.33. The van der Waals surface area contributed by atoms with E-state index in [0.29, 0.717) is 0 Å². The van der Waals surface area contributed by atoms with Gasteiger partial charge in [0.1, 0.15) is 0 Å². The van der Waals surface area contributed by atoms with Crippen molar-refractivity contribution in [1.29, 1.82) is 0 Å². The molecule has 11 heavy (non-hydrogen) atoms. The van der Waals surface area contributed by atoms with E-state index in [1.165, 1.54) is 0 Å². The van der Waals surface area contributed by atoms with Gasteiger partial charge in [0.15, 0.2) is 0 Å². The second kappa shape index (κ2) is 3.25. The summed E-state index contributed by atoms with van der Waals surface area (Å²) in [6.45, 7) is 0. The zero-order valence-electron chi connectivity index (χ0n) is 6.83. The predicted octanol–water partition coefficient (Wildman–Crippen LogP) is 1.16. The molecule has 0 amide bonds. The molecule has 0 unspecified atom stereocenters. The number of nitrogens with zero attached hydrogens (tertiary/aromatic N) is 1. The molecule has 0 aliphatic rings. The fourth-order valence-corrected chi connectivity index (χ4v) is 0.866. The van der Waals surface area contributed by atoms with Crippen LogP contribution in [0.4, 0.5) is 11.4 Å². The molecule has 1 rings (SSSR count). The quantitative estimate of drug-likeness (QED) is 0.492. The Labute approximate surface area is 66.8 Å². The SMILES string of the molecule is CN(C)Nc1cccc(N)c1. The lowest BCUT2D eigenvalue weighted by Gasteiger charge is -2.13. The van der Waals surface area contributed by atoms with Crippen LogP contribution in [0.25, 0.3) is 0 Å². The highest BCUT2D eigenvalue weighted by Crippen LogP contribution is 2.11. The minimum atomic E-state index is 0.775. The fraction of sp³-hybridized carbons (Fsp3) is 0.250.